The molecule has 0 spiro atoms. The van der Waals surface area contributed by atoms with Crippen LogP contribution in [0.25, 0.3) is 0 Å². The topological polar surface area (TPSA) is 40.6 Å². The van der Waals surface area contributed by atoms with Gasteiger partial charge in [0.05, 0.1) is 21.4 Å². The molecule has 32 heavy (non-hydrogen) atoms. The molecule has 0 unspecified atom stereocenters. The molecule has 0 aromatic heterocycles. The van der Waals surface area contributed by atoms with Crippen LogP contribution in [-0.2, 0) is 9.59 Å². The summed E-state index contributed by atoms with van der Waals surface area (Å²) in [6.45, 7) is 5.50. The average molecular weight is 477 g/mol. The highest BCUT2D eigenvalue weighted by Gasteiger charge is 2.19. The highest BCUT2D eigenvalue weighted by molar-refractivity contribution is 6.34. The number of hydrogen-bond acceptors (Lipinski definition) is 2. The van der Waals surface area contributed by atoms with E-state index in [1.807, 2.05) is 36.4 Å². The second-order valence-electron chi connectivity index (χ2n) is 7.91. The third kappa shape index (κ3) is 7.83. The van der Waals surface area contributed by atoms with Crippen LogP contribution < -0.4 is 9.80 Å². The molecule has 0 heterocycles. The lowest BCUT2D eigenvalue weighted by molar-refractivity contribution is -0.120. The van der Waals surface area contributed by atoms with E-state index in [1.165, 1.54) is 0 Å². The lowest BCUT2D eigenvalue weighted by atomic mass is 10.1. The normalized spacial score (nSPS) is 10.8. The number of carbonyl (C=O) groups excluding carboxylic acids is 2. The van der Waals surface area contributed by atoms with Gasteiger partial charge in [-0.2, -0.15) is 0 Å². The van der Waals surface area contributed by atoms with Crippen LogP contribution in [0.3, 0.4) is 0 Å². The highest BCUT2D eigenvalue weighted by Crippen LogP contribution is 2.28. The van der Waals surface area contributed by atoms with Gasteiger partial charge in [0.1, 0.15) is 0 Å². The number of anilines is 2. The van der Waals surface area contributed by atoms with Crippen molar-refractivity contribution in [2.45, 2.75) is 65.2 Å². The zero-order valence-electron chi connectivity index (χ0n) is 19.2. The minimum Gasteiger partial charge on any atom is -0.311 e. The van der Waals surface area contributed by atoms with Crippen LogP contribution in [0.4, 0.5) is 11.4 Å². The Bertz CT molecular complexity index is 801. The van der Waals surface area contributed by atoms with Gasteiger partial charge in [-0.25, -0.2) is 0 Å². The van der Waals surface area contributed by atoms with Gasteiger partial charge in [0, 0.05) is 25.9 Å². The molecule has 174 valence electrons. The summed E-state index contributed by atoms with van der Waals surface area (Å²) < 4.78 is 0. The van der Waals surface area contributed by atoms with Crippen molar-refractivity contribution in [3.63, 3.8) is 0 Å². The highest BCUT2D eigenvalue weighted by atomic mass is 35.5. The van der Waals surface area contributed by atoms with E-state index in [-0.39, 0.29) is 11.8 Å². The van der Waals surface area contributed by atoms with Crippen molar-refractivity contribution in [1.82, 2.24) is 0 Å². The molecule has 2 aromatic rings. The molecule has 4 nitrogen and oxygen atoms in total. The van der Waals surface area contributed by atoms with E-state index in [9.17, 15) is 9.59 Å². The molecule has 0 aliphatic carbocycles. The van der Waals surface area contributed by atoms with Gasteiger partial charge in [0.15, 0.2) is 0 Å². The van der Waals surface area contributed by atoms with Gasteiger partial charge >= 0.3 is 0 Å². The monoisotopic (exact) mass is 476 g/mol. The molecule has 0 saturated carbocycles. The van der Waals surface area contributed by atoms with E-state index < -0.39 is 0 Å². The zero-order valence-corrected chi connectivity index (χ0v) is 20.7. The first-order chi connectivity index (χ1) is 15.5. The van der Waals surface area contributed by atoms with E-state index in [4.69, 9.17) is 23.2 Å². The van der Waals surface area contributed by atoms with Crippen molar-refractivity contribution < 1.29 is 9.59 Å². The minimum absolute atomic E-state index is 0.0490. The van der Waals surface area contributed by atoms with Crippen molar-refractivity contribution in [3.8, 4) is 0 Å². The van der Waals surface area contributed by atoms with Gasteiger partial charge in [-0.15, -0.1) is 0 Å². The Morgan fingerprint density at radius 1 is 0.656 bits per heavy atom. The van der Waals surface area contributed by atoms with E-state index in [1.54, 1.807) is 21.9 Å². The number of benzene rings is 2. The summed E-state index contributed by atoms with van der Waals surface area (Å²) in [4.78, 5) is 29.4. The van der Waals surface area contributed by atoms with Crippen LogP contribution >= 0.6 is 23.2 Å². The predicted octanol–water partition coefficient (Wildman–Crippen LogP) is 7.52. The fourth-order valence-corrected chi connectivity index (χ4v) is 4.03. The number of para-hydroxylation sites is 2. The lowest BCUT2D eigenvalue weighted by Gasteiger charge is -2.25. The van der Waals surface area contributed by atoms with Gasteiger partial charge in [0.2, 0.25) is 11.8 Å². The first kappa shape index (κ1) is 26.2. The lowest BCUT2D eigenvalue weighted by Crippen LogP contribution is -2.33. The van der Waals surface area contributed by atoms with Gasteiger partial charge in [0.25, 0.3) is 0 Å². The molecule has 0 atom stereocenters. The molecule has 0 saturated heterocycles. The van der Waals surface area contributed by atoms with Crippen LogP contribution in [0.15, 0.2) is 48.5 Å². The third-order valence-electron chi connectivity index (χ3n) is 5.39. The summed E-state index contributed by atoms with van der Waals surface area (Å²) in [6, 6.07) is 14.9. The summed E-state index contributed by atoms with van der Waals surface area (Å²) in [5.41, 5.74) is 1.52. The third-order valence-corrected chi connectivity index (χ3v) is 6.03. The molecule has 0 bridgehead atoms. The van der Waals surface area contributed by atoms with E-state index in [2.05, 4.69) is 13.8 Å². The number of halogens is 2. The molecule has 0 aliphatic rings. The van der Waals surface area contributed by atoms with Crippen molar-refractivity contribution in [1.29, 1.82) is 0 Å². The Kier molecular flexibility index (Phi) is 11.6. The summed E-state index contributed by atoms with van der Waals surface area (Å²) in [5.74, 6) is 0.0980. The summed E-state index contributed by atoms with van der Waals surface area (Å²) in [7, 11) is 0. The minimum atomic E-state index is 0.0490. The maximum absolute atomic E-state index is 12.9. The fraction of sp³-hybridized carbons (Fsp3) is 0.462. The molecule has 6 heteroatoms. The first-order valence-corrected chi connectivity index (χ1v) is 12.3. The van der Waals surface area contributed by atoms with Gasteiger partial charge in [-0.05, 0) is 49.9 Å². The van der Waals surface area contributed by atoms with Crippen LogP contribution in [0.5, 0.6) is 0 Å². The summed E-state index contributed by atoms with van der Waals surface area (Å²) in [5, 5.41) is 1.16. The summed E-state index contributed by atoms with van der Waals surface area (Å²) >= 11 is 12.7. The molecule has 2 rings (SSSR count). The Morgan fingerprint density at radius 2 is 1.03 bits per heavy atom. The zero-order chi connectivity index (χ0) is 23.3. The number of unbranched alkanes of at least 4 members (excludes halogenated alkanes) is 3. The van der Waals surface area contributed by atoms with Crippen molar-refractivity contribution >= 4 is 46.4 Å². The van der Waals surface area contributed by atoms with Crippen molar-refractivity contribution in [2.24, 2.45) is 0 Å². The maximum atomic E-state index is 12.9. The molecular weight excluding hydrogens is 443 g/mol. The standard InChI is InChI=1S/C26H34Cl2N2O2/c1-3-5-19-29(23-15-9-7-13-21(23)27)25(31)17-11-12-18-26(32)30(20-6-4-2)24-16-10-8-14-22(24)28/h7-10,13-16H,3-6,11-12,17-20H2,1-2H3. The quantitative estimate of drug-likeness (QED) is 0.280. The largest absolute Gasteiger partial charge is 0.311 e. The average Bonchev–Trinajstić information content (AvgIpc) is 2.79. The second-order valence-corrected chi connectivity index (χ2v) is 8.72. The number of nitrogens with zero attached hydrogens (tertiary/aromatic N) is 2. The maximum Gasteiger partial charge on any atom is 0.227 e. The SMILES string of the molecule is CCCCN(C(=O)CCCCC(=O)N(CCCC)c1ccccc1Cl)c1ccccc1Cl. The van der Waals surface area contributed by atoms with Gasteiger partial charge in [-0.1, -0.05) is 74.2 Å². The summed E-state index contributed by atoms with van der Waals surface area (Å²) in [6.07, 6.45) is 5.92. The van der Waals surface area contributed by atoms with Gasteiger partial charge in [-0.3, -0.25) is 9.59 Å². The molecule has 0 radical (unpaired) electrons. The second kappa shape index (κ2) is 14.2. The number of amides is 2. The fourth-order valence-electron chi connectivity index (χ4n) is 3.56. The Labute approximate surface area is 202 Å². The van der Waals surface area contributed by atoms with Crippen LogP contribution in [0.1, 0.15) is 65.2 Å². The Morgan fingerprint density at radius 3 is 1.38 bits per heavy atom. The molecular formula is C26H34Cl2N2O2. The Hall–Kier alpha value is -2.04. The smallest absolute Gasteiger partial charge is 0.227 e. The molecule has 2 aromatic carbocycles. The first-order valence-electron chi connectivity index (χ1n) is 11.6. The van der Waals surface area contributed by atoms with Crippen LogP contribution in [0, 0.1) is 0 Å². The van der Waals surface area contributed by atoms with Crippen molar-refractivity contribution in [2.75, 3.05) is 22.9 Å². The number of hydrogen-bond donors (Lipinski definition) is 0. The molecule has 0 aliphatic heterocycles. The van der Waals surface area contributed by atoms with Crippen LogP contribution in [-0.4, -0.2) is 24.9 Å². The molecule has 0 fully saturated rings. The van der Waals surface area contributed by atoms with Crippen molar-refractivity contribution in [3.05, 3.63) is 58.6 Å². The Balaban J connectivity index is 1.94. The number of carbonyl (C=O) groups is 2. The molecule has 0 N–H and O–H groups in total. The van der Waals surface area contributed by atoms with Gasteiger partial charge < -0.3 is 9.80 Å². The molecule has 2 amide bonds. The number of rotatable bonds is 13. The predicted molar refractivity (Wildman–Crippen MR) is 136 cm³/mol. The van der Waals surface area contributed by atoms with Crippen LogP contribution in [0.2, 0.25) is 10.0 Å². The van der Waals surface area contributed by atoms with E-state index in [0.29, 0.717) is 48.8 Å². The van der Waals surface area contributed by atoms with E-state index >= 15 is 0 Å². The van der Waals surface area contributed by atoms with E-state index in [0.717, 1.165) is 37.1 Å².